The van der Waals surface area contributed by atoms with Crippen molar-refractivity contribution in [2.45, 2.75) is 55.4 Å². The van der Waals surface area contributed by atoms with Gasteiger partial charge in [-0.1, -0.05) is 60.5 Å². The molecule has 3 fully saturated rings. The molecule has 1 amide bonds. The lowest BCUT2D eigenvalue weighted by Gasteiger charge is -2.26. The van der Waals surface area contributed by atoms with Gasteiger partial charge in [0, 0.05) is 24.0 Å². The minimum absolute atomic E-state index is 0.0315. The van der Waals surface area contributed by atoms with Crippen molar-refractivity contribution in [1.82, 2.24) is 9.62 Å². The lowest BCUT2D eigenvalue weighted by molar-refractivity contribution is -0.120. The van der Waals surface area contributed by atoms with Crippen molar-refractivity contribution in [3.05, 3.63) is 59.9 Å². The van der Waals surface area contributed by atoms with E-state index in [1.165, 1.54) is 24.8 Å². The zero-order chi connectivity index (χ0) is 23.3. The summed E-state index contributed by atoms with van der Waals surface area (Å²) in [6.45, 7) is 1.35. The SMILES string of the molecule is C1CCOC1.O=CN1CC(F)(F)[C@H](NSC2CC2)C1Cc1cccc(-c2ccccc2)c1F. The summed E-state index contributed by atoms with van der Waals surface area (Å²) in [6.07, 6.45) is 5.04. The van der Waals surface area contributed by atoms with Crippen molar-refractivity contribution in [2.75, 3.05) is 19.8 Å². The van der Waals surface area contributed by atoms with Crippen LogP contribution in [0, 0.1) is 5.82 Å². The van der Waals surface area contributed by atoms with Crippen LogP contribution in [0.25, 0.3) is 11.1 Å². The van der Waals surface area contributed by atoms with Gasteiger partial charge >= 0.3 is 0 Å². The van der Waals surface area contributed by atoms with E-state index in [-0.39, 0.29) is 6.42 Å². The Morgan fingerprint density at radius 3 is 2.42 bits per heavy atom. The molecule has 2 heterocycles. The third kappa shape index (κ3) is 6.11. The van der Waals surface area contributed by atoms with Crippen LogP contribution in [0.3, 0.4) is 0 Å². The average Bonchev–Trinajstić information content (AvgIpc) is 3.35. The van der Waals surface area contributed by atoms with Crippen molar-refractivity contribution in [2.24, 2.45) is 0 Å². The van der Waals surface area contributed by atoms with Crippen LogP contribution in [0.5, 0.6) is 0 Å². The van der Waals surface area contributed by atoms with Crippen molar-refractivity contribution in [3.8, 4) is 11.1 Å². The van der Waals surface area contributed by atoms with E-state index in [1.807, 2.05) is 18.2 Å². The van der Waals surface area contributed by atoms with Gasteiger partial charge in [-0.3, -0.25) is 9.52 Å². The fraction of sp³-hybridized carbons (Fsp3) is 0.480. The van der Waals surface area contributed by atoms with Gasteiger partial charge < -0.3 is 9.64 Å². The topological polar surface area (TPSA) is 41.6 Å². The minimum Gasteiger partial charge on any atom is -0.381 e. The van der Waals surface area contributed by atoms with Crippen molar-refractivity contribution in [3.63, 3.8) is 0 Å². The Kier molecular flexibility index (Phi) is 7.98. The van der Waals surface area contributed by atoms with Crippen LogP contribution >= 0.6 is 11.9 Å². The number of rotatable bonds is 7. The molecule has 2 atom stereocenters. The molecule has 0 aromatic heterocycles. The smallest absolute Gasteiger partial charge is 0.283 e. The van der Waals surface area contributed by atoms with E-state index in [9.17, 15) is 13.6 Å². The Labute approximate surface area is 197 Å². The maximum atomic E-state index is 15.2. The first kappa shape index (κ1) is 24.1. The van der Waals surface area contributed by atoms with E-state index in [0.29, 0.717) is 22.8 Å². The van der Waals surface area contributed by atoms with Crippen LogP contribution in [0.4, 0.5) is 13.2 Å². The van der Waals surface area contributed by atoms with Crippen LogP contribution in [0.2, 0.25) is 0 Å². The van der Waals surface area contributed by atoms with Gasteiger partial charge in [-0.25, -0.2) is 13.2 Å². The van der Waals surface area contributed by atoms with Gasteiger partial charge in [0.25, 0.3) is 5.92 Å². The molecule has 0 radical (unpaired) electrons. The second kappa shape index (κ2) is 10.9. The summed E-state index contributed by atoms with van der Waals surface area (Å²) in [7, 11) is 0. The molecule has 33 heavy (non-hydrogen) atoms. The Morgan fingerprint density at radius 1 is 1.09 bits per heavy atom. The first-order valence-corrected chi connectivity index (χ1v) is 12.3. The Balaban J connectivity index is 0.000000459. The Hall–Kier alpha value is -2.03. The predicted molar refractivity (Wildman–Crippen MR) is 125 cm³/mol. The fourth-order valence-corrected chi connectivity index (χ4v) is 5.16. The number of ether oxygens (including phenoxy) is 1. The molecule has 8 heteroatoms. The van der Waals surface area contributed by atoms with Gasteiger partial charge in [-0.15, -0.1) is 0 Å². The Morgan fingerprint density at radius 2 is 1.82 bits per heavy atom. The maximum absolute atomic E-state index is 15.2. The molecule has 2 aliphatic heterocycles. The third-order valence-electron chi connectivity index (χ3n) is 6.10. The van der Waals surface area contributed by atoms with E-state index < -0.39 is 30.4 Å². The summed E-state index contributed by atoms with van der Waals surface area (Å²) in [5, 5.41) is 0.347. The molecule has 0 bridgehead atoms. The number of alkyl halides is 2. The zero-order valence-corrected chi connectivity index (χ0v) is 19.2. The van der Waals surface area contributed by atoms with Crippen LogP contribution in [-0.2, 0) is 16.0 Å². The highest BCUT2D eigenvalue weighted by atomic mass is 32.2. The molecule has 3 aliphatic rings. The quantitative estimate of drug-likeness (QED) is 0.445. The summed E-state index contributed by atoms with van der Waals surface area (Å²) >= 11 is 1.31. The highest BCUT2D eigenvalue weighted by Crippen LogP contribution is 2.39. The van der Waals surface area contributed by atoms with Crippen LogP contribution < -0.4 is 4.72 Å². The van der Waals surface area contributed by atoms with Crippen molar-refractivity contribution in [1.29, 1.82) is 0 Å². The standard InChI is InChI=1S/C21H21F3N2OS.C4H8O/c22-19-15(7-4-8-17(19)14-5-2-1-3-6-14)11-18-20(25-28-16-9-10-16)21(23,24)12-26(18)13-27;1-2-4-5-3-1/h1-8,13,16,18,20,25H,9-12H2;1-4H2/t18?,20-;/m1./s1. The summed E-state index contributed by atoms with van der Waals surface area (Å²) in [6, 6.07) is 12.1. The lowest BCUT2D eigenvalue weighted by atomic mass is 9.95. The molecule has 1 saturated carbocycles. The second-order valence-corrected chi connectivity index (χ2v) is 9.83. The van der Waals surface area contributed by atoms with E-state index in [2.05, 4.69) is 4.72 Å². The number of carbonyl (C=O) groups excluding carboxylic acids is 1. The number of benzene rings is 2. The largest absolute Gasteiger partial charge is 0.381 e. The van der Waals surface area contributed by atoms with Gasteiger partial charge in [-0.2, -0.15) is 0 Å². The van der Waals surface area contributed by atoms with Gasteiger partial charge in [0.1, 0.15) is 11.9 Å². The first-order valence-electron chi connectivity index (χ1n) is 11.4. The predicted octanol–water partition coefficient (Wildman–Crippen LogP) is 5.08. The molecule has 0 spiro atoms. The molecule has 2 saturated heterocycles. The van der Waals surface area contributed by atoms with Crippen LogP contribution in [0.15, 0.2) is 48.5 Å². The van der Waals surface area contributed by atoms with Gasteiger partial charge in [0.05, 0.1) is 12.6 Å². The molecular weight excluding hydrogens is 449 g/mol. The molecule has 1 aliphatic carbocycles. The summed E-state index contributed by atoms with van der Waals surface area (Å²) in [4.78, 5) is 12.5. The highest BCUT2D eigenvalue weighted by molar-refractivity contribution is 7.98. The number of halogens is 3. The molecule has 4 nitrogen and oxygen atoms in total. The number of hydrogen-bond donors (Lipinski definition) is 1. The van der Waals surface area contributed by atoms with Crippen LogP contribution in [0.1, 0.15) is 31.2 Å². The van der Waals surface area contributed by atoms with E-state index in [1.54, 1.807) is 30.3 Å². The average molecular weight is 479 g/mol. The maximum Gasteiger partial charge on any atom is 0.283 e. The number of nitrogens with zero attached hydrogens (tertiary/aromatic N) is 1. The zero-order valence-electron chi connectivity index (χ0n) is 18.4. The minimum atomic E-state index is -3.05. The number of nitrogens with one attached hydrogen (secondary N) is 1. The summed E-state index contributed by atoms with van der Waals surface area (Å²) in [5.41, 5.74) is 1.49. The monoisotopic (exact) mass is 478 g/mol. The van der Waals surface area contributed by atoms with E-state index in [0.717, 1.165) is 36.5 Å². The second-order valence-electron chi connectivity index (χ2n) is 8.69. The number of amides is 1. The molecule has 2 aromatic rings. The third-order valence-corrected chi connectivity index (χ3v) is 7.30. The molecule has 178 valence electrons. The van der Waals surface area contributed by atoms with Gasteiger partial charge in [0.2, 0.25) is 6.41 Å². The van der Waals surface area contributed by atoms with Crippen molar-refractivity contribution < 1.29 is 22.7 Å². The summed E-state index contributed by atoms with van der Waals surface area (Å²) in [5.74, 6) is -3.48. The fourth-order valence-electron chi connectivity index (χ4n) is 4.12. The van der Waals surface area contributed by atoms with Crippen LogP contribution in [-0.4, -0.2) is 54.3 Å². The normalized spacial score (nSPS) is 23.8. The van der Waals surface area contributed by atoms with E-state index in [4.69, 9.17) is 4.74 Å². The molecule has 2 aromatic carbocycles. The number of hydrogen-bond acceptors (Lipinski definition) is 4. The highest BCUT2D eigenvalue weighted by Gasteiger charge is 2.54. The molecule has 1 N–H and O–H groups in total. The van der Waals surface area contributed by atoms with Crippen molar-refractivity contribution >= 4 is 18.4 Å². The molecule has 5 rings (SSSR count). The summed E-state index contributed by atoms with van der Waals surface area (Å²) < 4.78 is 52.1. The molecule has 1 unspecified atom stereocenters. The molecular formula is C25H29F3N2O2S. The first-order chi connectivity index (χ1) is 16.0. The number of likely N-dealkylation sites (tertiary alicyclic amines) is 1. The Bertz CT molecular complexity index is 916. The number of carbonyl (C=O) groups is 1. The van der Waals surface area contributed by atoms with E-state index >= 15 is 4.39 Å². The van der Waals surface area contributed by atoms with Gasteiger partial charge in [0.15, 0.2) is 0 Å². The van der Waals surface area contributed by atoms with Gasteiger partial charge in [-0.05, 0) is 43.2 Å². The lowest BCUT2D eigenvalue weighted by Crippen LogP contribution is -2.47.